The Morgan fingerprint density at radius 2 is 2.00 bits per heavy atom. The highest BCUT2D eigenvalue weighted by Crippen LogP contribution is 2.24. The Balaban J connectivity index is 2.19. The van der Waals surface area contributed by atoms with Gasteiger partial charge in [0.25, 0.3) is 0 Å². The minimum atomic E-state index is -0.505. The fourth-order valence-corrected chi connectivity index (χ4v) is 1.47. The van der Waals surface area contributed by atoms with Crippen LogP contribution >= 0.6 is 15.9 Å². The van der Waals surface area contributed by atoms with E-state index in [0.717, 1.165) is 0 Å². The van der Waals surface area contributed by atoms with E-state index < -0.39 is 5.82 Å². The van der Waals surface area contributed by atoms with Crippen molar-refractivity contribution in [3.05, 3.63) is 46.4 Å². The number of hydrogen-bond donors (Lipinski definition) is 1. The van der Waals surface area contributed by atoms with E-state index in [-0.39, 0.29) is 18.4 Å². The molecule has 0 spiro atoms. The van der Waals surface area contributed by atoms with Crippen LogP contribution in [0, 0.1) is 5.82 Å². The molecule has 0 bridgehead atoms. The zero-order chi connectivity index (χ0) is 12.3. The highest BCUT2D eigenvalue weighted by molar-refractivity contribution is 9.10. The molecule has 0 unspecified atom stereocenters. The minimum Gasteiger partial charge on any atom is -0.421 e. The molecular formula is C11H8BrFN2O2. The smallest absolute Gasteiger partial charge is 0.321 e. The second-order valence-electron chi connectivity index (χ2n) is 3.21. The largest absolute Gasteiger partial charge is 0.421 e. The lowest BCUT2D eigenvalue weighted by Gasteiger charge is -2.05. The van der Waals surface area contributed by atoms with Gasteiger partial charge in [-0.25, -0.2) is 14.4 Å². The molecule has 0 aliphatic carbocycles. The first-order valence-corrected chi connectivity index (χ1v) is 5.53. The van der Waals surface area contributed by atoms with Crippen molar-refractivity contribution in [3.8, 4) is 11.8 Å². The first kappa shape index (κ1) is 11.9. The maximum Gasteiger partial charge on any atom is 0.321 e. The molecule has 6 heteroatoms. The van der Waals surface area contributed by atoms with Gasteiger partial charge >= 0.3 is 6.01 Å². The first-order chi connectivity index (χ1) is 8.19. The number of aliphatic hydroxyl groups excluding tert-OH is 1. The Bertz CT molecular complexity index is 519. The van der Waals surface area contributed by atoms with Crippen molar-refractivity contribution in [2.45, 2.75) is 6.61 Å². The van der Waals surface area contributed by atoms with Crippen molar-refractivity contribution in [1.29, 1.82) is 0 Å². The first-order valence-electron chi connectivity index (χ1n) is 4.73. The van der Waals surface area contributed by atoms with Gasteiger partial charge in [0, 0.05) is 22.4 Å². The van der Waals surface area contributed by atoms with Crippen molar-refractivity contribution >= 4 is 15.9 Å². The molecule has 1 N–H and O–H groups in total. The van der Waals surface area contributed by atoms with Crippen LogP contribution in [0.2, 0.25) is 0 Å². The van der Waals surface area contributed by atoms with Gasteiger partial charge in [-0.2, -0.15) is 0 Å². The molecular weight excluding hydrogens is 291 g/mol. The van der Waals surface area contributed by atoms with Crippen LogP contribution < -0.4 is 4.74 Å². The van der Waals surface area contributed by atoms with Gasteiger partial charge in [-0.1, -0.05) is 15.9 Å². The van der Waals surface area contributed by atoms with Crippen LogP contribution in [0.5, 0.6) is 11.8 Å². The monoisotopic (exact) mass is 298 g/mol. The van der Waals surface area contributed by atoms with Crippen LogP contribution in [-0.2, 0) is 6.61 Å². The molecule has 2 rings (SSSR count). The standard InChI is InChI=1S/C11H8BrFN2O2/c12-8-1-2-10(9(13)3-8)17-11-14-4-7(6-16)5-15-11/h1-5,16H,6H2. The summed E-state index contributed by atoms with van der Waals surface area (Å²) in [5.41, 5.74) is 0.564. The van der Waals surface area contributed by atoms with Crippen LogP contribution in [0.4, 0.5) is 4.39 Å². The summed E-state index contributed by atoms with van der Waals surface area (Å²) in [6, 6.07) is 4.45. The van der Waals surface area contributed by atoms with Crippen LogP contribution in [0.25, 0.3) is 0 Å². The van der Waals surface area contributed by atoms with E-state index in [2.05, 4.69) is 25.9 Å². The maximum atomic E-state index is 13.4. The van der Waals surface area contributed by atoms with Crippen molar-refractivity contribution in [2.24, 2.45) is 0 Å². The topological polar surface area (TPSA) is 55.2 Å². The Morgan fingerprint density at radius 3 is 2.59 bits per heavy atom. The molecule has 1 aromatic carbocycles. The van der Waals surface area contributed by atoms with Gasteiger partial charge in [0.1, 0.15) is 0 Å². The summed E-state index contributed by atoms with van der Waals surface area (Å²) in [4.78, 5) is 7.67. The predicted octanol–water partition coefficient (Wildman–Crippen LogP) is 2.66. The van der Waals surface area contributed by atoms with Gasteiger partial charge in [-0.05, 0) is 18.2 Å². The number of rotatable bonds is 3. The quantitative estimate of drug-likeness (QED) is 0.946. The fraction of sp³-hybridized carbons (Fsp3) is 0.0909. The molecule has 1 aromatic heterocycles. The second kappa shape index (κ2) is 5.20. The molecule has 2 aromatic rings. The molecule has 0 radical (unpaired) electrons. The van der Waals surface area contributed by atoms with Crippen molar-refractivity contribution in [2.75, 3.05) is 0 Å². The van der Waals surface area contributed by atoms with E-state index in [0.29, 0.717) is 10.0 Å². The molecule has 0 aliphatic rings. The molecule has 1 heterocycles. The lowest BCUT2D eigenvalue weighted by Crippen LogP contribution is -1.95. The summed E-state index contributed by atoms with van der Waals surface area (Å²) >= 11 is 3.15. The van der Waals surface area contributed by atoms with E-state index >= 15 is 0 Å². The summed E-state index contributed by atoms with van der Waals surface area (Å²) in [7, 11) is 0. The number of aromatic nitrogens is 2. The summed E-state index contributed by atoms with van der Waals surface area (Å²) in [5.74, 6) is -0.459. The number of aliphatic hydroxyl groups is 1. The molecule has 0 saturated carbocycles. The zero-order valence-corrected chi connectivity index (χ0v) is 10.2. The Morgan fingerprint density at radius 1 is 1.29 bits per heavy atom. The molecule has 0 atom stereocenters. The average molecular weight is 299 g/mol. The van der Waals surface area contributed by atoms with E-state index in [1.54, 1.807) is 6.07 Å². The number of nitrogens with zero attached hydrogens (tertiary/aromatic N) is 2. The van der Waals surface area contributed by atoms with Gasteiger partial charge in [0.15, 0.2) is 11.6 Å². The van der Waals surface area contributed by atoms with Crippen LogP contribution in [0.15, 0.2) is 35.1 Å². The van der Waals surface area contributed by atoms with Crippen LogP contribution in [0.3, 0.4) is 0 Å². The third-order valence-electron chi connectivity index (χ3n) is 1.96. The minimum absolute atomic E-state index is 0.0309. The molecule has 4 nitrogen and oxygen atoms in total. The lowest BCUT2D eigenvalue weighted by atomic mass is 10.3. The number of halogens is 2. The van der Waals surface area contributed by atoms with Crippen LogP contribution in [-0.4, -0.2) is 15.1 Å². The Labute approximate surface area is 105 Å². The molecule has 0 fully saturated rings. The summed E-state index contributed by atoms with van der Waals surface area (Å²) < 4.78 is 19.2. The molecule has 88 valence electrons. The molecule has 0 aliphatic heterocycles. The SMILES string of the molecule is OCc1cnc(Oc2ccc(Br)cc2F)nc1. The third-order valence-corrected chi connectivity index (χ3v) is 2.45. The van der Waals surface area contributed by atoms with Crippen molar-refractivity contribution in [1.82, 2.24) is 9.97 Å². The molecule has 17 heavy (non-hydrogen) atoms. The van der Waals surface area contributed by atoms with Gasteiger partial charge in [-0.3, -0.25) is 0 Å². The summed E-state index contributed by atoms with van der Waals surface area (Å²) in [6.07, 6.45) is 2.83. The highest BCUT2D eigenvalue weighted by Gasteiger charge is 2.07. The van der Waals surface area contributed by atoms with E-state index in [1.807, 2.05) is 0 Å². The highest BCUT2D eigenvalue weighted by atomic mass is 79.9. The molecule has 0 amide bonds. The maximum absolute atomic E-state index is 13.4. The predicted molar refractivity (Wildman–Crippen MR) is 62.1 cm³/mol. The van der Waals surface area contributed by atoms with Gasteiger partial charge in [-0.15, -0.1) is 0 Å². The lowest BCUT2D eigenvalue weighted by molar-refractivity contribution is 0.280. The van der Waals surface area contributed by atoms with Crippen LogP contribution in [0.1, 0.15) is 5.56 Å². The van der Waals surface area contributed by atoms with Gasteiger partial charge < -0.3 is 9.84 Å². The zero-order valence-electron chi connectivity index (χ0n) is 8.60. The number of hydrogen-bond acceptors (Lipinski definition) is 4. The van der Waals surface area contributed by atoms with Gasteiger partial charge in [0.2, 0.25) is 0 Å². The van der Waals surface area contributed by atoms with E-state index in [1.165, 1.54) is 24.5 Å². The third kappa shape index (κ3) is 2.98. The summed E-state index contributed by atoms with van der Waals surface area (Å²) in [6.45, 7) is -0.146. The van der Waals surface area contributed by atoms with E-state index in [4.69, 9.17) is 9.84 Å². The van der Waals surface area contributed by atoms with Crippen molar-refractivity contribution < 1.29 is 14.2 Å². The van der Waals surface area contributed by atoms with E-state index in [9.17, 15) is 4.39 Å². The number of benzene rings is 1. The normalized spacial score (nSPS) is 10.3. The number of ether oxygens (including phenoxy) is 1. The second-order valence-corrected chi connectivity index (χ2v) is 4.12. The fourth-order valence-electron chi connectivity index (χ4n) is 1.13. The van der Waals surface area contributed by atoms with Crippen molar-refractivity contribution in [3.63, 3.8) is 0 Å². The summed E-state index contributed by atoms with van der Waals surface area (Å²) in [5, 5.41) is 8.81. The van der Waals surface area contributed by atoms with Gasteiger partial charge in [0.05, 0.1) is 6.61 Å². The average Bonchev–Trinajstić information content (AvgIpc) is 2.34. The Hall–Kier alpha value is -1.53. The Kier molecular flexibility index (Phi) is 3.65. The molecule has 0 saturated heterocycles.